The normalized spacial score (nSPS) is 10.5. The molecular formula is C19H36N2. The summed E-state index contributed by atoms with van der Waals surface area (Å²) in [5.41, 5.74) is 1.20. The molecule has 2 nitrogen and oxygen atoms in total. The summed E-state index contributed by atoms with van der Waals surface area (Å²) >= 11 is 0. The average Bonchev–Trinajstić information content (AvgIpc) is 2.94. The van der Waals surface area contributed by atoms with Crippen molar-refractivity contribution in [3.8, 4) is 0 Å². The van der Waals surface area contributed by atoms with Crippen LogP contribution in [0.1, 0.15) is 72.9 Å². The summed E-state index contributed by atoms with van der Waals surface area (Å²) in [6, 6.07) is 0. The van der Waals surface area contributed by atoms with E-state index in [4.69, 9.17) is 0 Å². The first kappa shape index (κ1) is 22.0. The minimum atomic E-state index is 0. The van der Waals surface area contributed by atoms with Gasteiger partial charge < -0.3 is 4.57 Å². The zero-order valence-corrected chi connectivity index (χ0v) is 13.8. The quantitative estimate of drug-likeness (QED) is 0.496. The Morgan fingerprint density at radius 2 is 1.71 bits per heavy atom. The highest BCUT2D eigenvalue weighted by Crippen LogP contribution is 2.03. The van der Waals surface area contributed by atoms with Crippen LogP contribution in [0.4, 0.5) is 0 Å². The van der Waals surface area contributed by atoms with Gasteiger partial charge in [0.1, 0.15) is 0 Å². The molecule has 1 heterocycles. The molecule has 0 atom stereocenters. The average molecular weight is 293 g/mol. The Bertz CT molecular complexity index is 361. The molecule has 122 valence electrons. The molecular weight excluding hydrogens is 256 g/mol. The van der Waals surface area contributed by atoms with Gasteiger partial charge in [-0.05, 0) is 25.7 Å². The van der Waals surface area contributed by atoms with E-state index in [2.05, 4.69) is 53.9 Å². The molecule has 0 aliphatic carbocycles. The number of hydrogen-bond acceptors (Lipinski definition) is 1. The molecule has 0 radical (unpaired) electrons. The van der Waals surface area contributed by atoms with Crippen molar-refractivity contribution in [2.24, 2.45) is 0 Å². The fraction of sp³-hybridized carbons (Fsp3) is 0.632. The third-order valence-electron chi connectivity index (χ3n) is 2.86. The van der Waals surface area contributed by atoms with Crippen LogP contribution in [-0.4, -0.2) is 9.55 Å². The molecule has 21 heavy (non-hydrogen) atoms. The lowest BCUT2D eigenvalue weighted by Gasteiger charge is -1.97. The molecule has 1 rings (SSSR count). The van der Waals surface area contributed by atoms with Crippen molar-refractivity contribution in [3.63, 3.8) is 0 Å². The van der Waals surface area contributed by atoms with Gasteiger partial charge in [-0.25, -0.2) is 4.98 Å². The Kier molecular flexibility index (Phi) is 17.5. The second kappa shape index (κ2) is 16.7. The fourth-order valence-electron chi connectivity index (χ4n) is 1.75. The molecule has 2 heteroatoms. The number of aromatic nitrogens is 2. The van der Waals surface area contributed by atoms with Crippen LogP contribution in [0.2, 0.25) is 0 Å². The first-order valence-electron chi connectivity index (χ1n) is 8.19. The van der Waals surface area contributed by atoms with Crippen molar-refractivity contribution in [2.45, 2.75) is 80.2 Å². The number of aryl methyl sites for hydroxylation is 2. The van der Waals surface area contributed by atoms with Crippen LogP contribution in [0, 0.1) is 0 Å². The molecule has 0 saturated carbocycles. The van der Waals surface area contributed by atoms with Gasteiger partial charge in [0.2, 0.25) is 0 Å². The van der Waals surface area contributed by atoms with Gasteiger partial charge in [0.15, 0.2) is 0 Å². The molecule has 0 aliphatic heterocycles. The summed E-state index contributed by atoms with van der Waals surface area (Å²) in [5, 5.41) is 0. The van der Waals surface area contributed by atoms with Crippen LogP contribution >= 0.6 is 0 Å². The van der Waals surface area contributed by atoms with E-state index in [1.54, 1.807) is 0 Å². The predicted octanol–water partition coefficient (Wildman–Crippen LogP) is 6.19. The number of rotatable bonds is 9. The minimum absolute atomic E-state index is 0. The highest BCUT2D eigenvalue weighted by Gasteiger charge is 1.96. The Labute approximate surface area is 133 Å². The molecule has 0 amide bonds. The molecule has 0 unspecified atom stereocenters. The number of hydrogen-bond donors (Lipinski definition) is 0. The maximum Gasteiger partial charge on any atom is 0.0949 e. The summed E-state index contributed by atoms with van der Waals surface area (Å²) in [7, 11) is 0. The summed E-state index contributed by atoms with van der Waals surface area (Å²) in [6.07, 6.45) is 19.8. The number of imidazole rings is 1. The van der Waals surface area contributed by atoms with Crippen LogP contribution in [0.5, 0.6) is 0 Å². The standard InChI is InChI=1S/C16H26N2.C2H6.CH4/c1-3-5-7-8-9-10-11-12-16-14-18(15-17-16)13-6-4-2;1-2;/h7-10,14-15H,3-6,11-13H2,1-2H3;1-2H3;1H4/b8-7+,10-9+;;. The Balaban J connectivity index is 0. The molecule has 0 aromatic carbocycles. The Morgan fingerprint density at radius 3 is 2.33 bits per heavy atom. The summed E-state index contributed by atoms with van der Waals surface area (Å²) in [5.74, 6) is 0. The molecule has 0 spiro atoms. The fourth-order valence-corrected chi connectivity index (χ4v) is 1.75. The van der Waals surface area contributed by atoms with Crippen molar-refractivity contribution in [3.05, 3.63) is 42.5 Å². The first-order valence-corrected chi connectivity index (χ1v) is 8.19. The molecule has 0 fully saturated rings. The van der Waals surface area contributed by atoms with Gasteiger partial charge in [-0.3, -0.25) is 0 Å². The molecule has 0 N–H and O–H groups in total. The van der Waals surface area contributed by atoms with Crippen molar-refractivity contribution in [2.75, 3.05) is 0 Å². The van der Waals surface area contributed by atoms with Crippen molar-refractivity contribution in [1.82, 2.24) is 9.55 Å². The van der Waals surface area contributed by atoms with Crippen LogP contribution in [0.25, 0.3) is 0 Å². The van der Waals surface area contributed by atoms with Gasteiger partial charge in [0.05, 0.1) is 12.0 Å². The monoisotopic (exact) mass is 292 g/mol. The second-order valence-corrected chi connectivity index (χ2v) is 4.64. The molecule has 0 aliphatic rings. The second-order valence-electron chi connectivity index (χ2n) is 4.64. The lowest BCUT2D eigenvalue weighted by atomic mass is 10.2. The van der Waals surface area contributed by atoms with Gasteiger partial charge in [-0.1, -0.05) is 72.3 Å². The predicted molar refractivity (Wildman–Crippen MR) is 96.7 cm³/mol. The largest absolute Gasteiger partial charge is 0.337 e. The third-order valence-corrected chi connectivity index (χ3v) is 2.86. The maximum atomic E-state index is 4.43. The highest BCUT2D eigenvalue weighted by molar-refractivity contribution is 5.04. The zero-order valence-electron chi connectivity index (χ0n) is 13.8. The summed E-state index contributed by atoms with van der Waals surface area (Å²) < 4.78 is 2.20. The van der Waals surface area contributed by atoms with Crippen LogP contribution < -0.4 is 0 Å². The van der Waals surface area contributed by atoms with Crippen LogP contribution in [0.15, 0.2) is 36.8 Å². The zero-order chi connectivity index (χ0) is 15.1. The van der Waals surface area contributed by atoms with Gasteiger partial charge in [-0.2, -0.15) is 0 Å². The van der Waals surface area contributed by atoms with Crippen LogP contribution in [0.3, 0.4) is 0 Å². The van der Waals surface area contributed by atoms with E-state index in [-0.39, 0.29) is 7.43 Å². The van der Waals surface area contributed by atoms with Gasteiger partial charge in [-0.15, -0.1) is 0 Å². The number of allylic oxidation sites excluding steroid dienone is 4. The Hall–Kier alpha value is -1.31. The van der Waals surface area contributed by atoms with Crippen LogP contribution in [-0.2, 0) is 13.0 Å². The van der Waals surface area contributed by atoms with Gasteiger partial charge in [0.25, 0.3) is 0 Å². The minimum Gasteiger partial charge on any atom is -0.337 e. The van der Waals surface area contributed by atoms with Crippen molar-refractivity contribution in [1.29, 1.82) is 0 Å². The molecule has 1 aromatic heterocycles. The highest BCUT2D eigenvalue weighted by atomic mass is 15.0. The van der Waals surface area contributed by atoms with E-state index in [9.17, 15) is 0 Å². The third kappa shape index (κ3) is 12.2. The lowest BCUT2D eigenvalue weighted by molar-refractivity contribution is 0.631. The number of unbranched alkanes of at least 4 members (excludes halogenated alkanes) is 2. The molecule has 0 saturated heterocycles. The number of nitrogens with zero attached hydrogens (tertiary/aromatic N) is 2. The lowest BCUT2D eigenvalue weighted by Crippen LogP contribution is -1.92. The van der Waals surface area contributed by atoms with E-state index in [0.717, 1.165) is 19.4 Å². The topological polar surface area (TPSA) is 17.8 Å². The van der Waals surface area contributed by atoms with E-state index in [1.165, 1.54) is 31.4 Å². The van der Waals surface area contributed by atoms with E-state index in [1.807, 2.05) is 20.2 Å². The van der Waals surface area contributed by atoms with E-state index in [0.29, 0.717) is 0 Å². The smallest absolute Gasteiger partial charge is 0.0949 e. The first-order chi connectivity index (χ1) is 9.86. The van der Waals surface area contributed by atoms with Gasteiger partial charge >= 0.3 is 0 Å². The maximum absolute atomic E-state index is 4.43. The molecule has 1 aromatic rings. The Morgan fingerprint density at radius 1 is 1.05 bits per heavy atom. The van der Waals surface area contributed by atoms with Crippen molar-refractivity contribution >= 4 is 0 Å². The van der Waals surface area contributed by atoms with Gasteiger partial charge in [0, 0.05) is 12.7 Å². The SMILES string of the molecule is C.CC.CCC/C=C/C=C/CCc1cn(CCCC)cn1. The van der Waals surface area contributed by atoms with E-state index >= 15 is 0 Å². The summed E-state index contributed by atoms with van der Waals surface area (Å²) in [4.78, 5) is 4.43. The molecule has 0 bridgehead atoms. The van der Waals surface area contributed by atoms with E-state index < -0.39 is 0 Å². The summed E-state index contributed by atoms with van der Waals surface area (Å²) in [6.45, 7) is 9.51. The van der Waals surface area contributed by atoms with Crippen molar-refractivity contribution < 1.29 is 0 Å².